The molecule has 1 heterocycles. The highest BCUT2D eigenvalue weighted by Gasteiger charge is 2.39. The third-order valence-electron chi connectivity index (χ3n) is 4.36. The summed E-state index contributed by atoms with van der Waals surface area (Å²) in [4.78, 5) is 24.6. The molecule has 2 rings (SSSR count). The number of carbonyl (C=O) groups excluding carboxylic acids is 1. The molecule has 0 saturated carbocycles. The van der Waals surface area contributed by atoms with Gasteiger partial charge in [0.25, 0.3) is 5.91 Å². The number of nitrogens with zero attached hydrogens (tertiary/aromatic N) is 2. The quantitative estimate of drug-likeness (QED) is 0.878. The van der Waals surface area contributed by atoms with Gasteiger partial charge in [-0.1, -0.05) is 0 Å². The zero-order chi connectivity index (χ0) is 18.1. The van der Waals surface area contributed by atoms with Gasteiger partial charge in [-0.25, -0.2) is 8.42 Å². The van der Waals surface area contributed by atoms with Gasteiger partial charge in [-0.05, 0) is 44.0 Å². The SMILES string of the molecule is C[C@@H]1[C@H](C(=O)O)CCCN1S(=O)(=O)c1ccc(C(=O)N(C)C)cc1. The number of hydrogen-bond acceptors (Lipinski definition) is 4. The zero-order valence-corrected chi connectivity index (χ0v) is 14.8. The molecular weight excluding hydrogens is 332 g/mol. The number of benzene rings is 1. The predicted molar refractivity (Wildman–Crippen MR) is 88.2 cm³/mol. The average molecular weight is 354 g/mol. The third-order valence-corrected chi connectivity index (χ3v) is 6.36. The van der Waals surface area contributed by atoms with E-state index in [1.54, 1.807) is 21.0 Å². The summed E-state index contributed by atoms with van der Waals surface area (Å²) in [6.45, 7) is 1.92. The molecule has 1 fully saturated rings. The van der Waals surface area contributed by atoms with Crippen molar-refractivity contribution in [2.45, 2.75) is 30.7 Å². The van der Waals surface area contributed by atoms with E-state index in [1.165, 1.54) is 33.5 Å². The molecule has 1 aromatic rings. The molecule has 1 saturated heterocycles. The number of sulfonamides is 1. The molecule has 7 nitrogen and oxygen atoms in total. The Bertz CT molecular complexity index is 727. The smallest absolute Gasteiger partial charge is 0.308 e. The molecule has 24 heavy (non-hydrogen) atoms. The van der Waals surface area contributed by atoms with Crippen molar-refractivity contribution >= 4 is 21.9 Å². The van der Waals surface area contributed by atoms with E-state index in [0.717, 1.165) is 0 Å². The summed E-state index contributed by atoms with van der Waals surface area (Å²) in [6.07, 6.45) is 0.983. The molecule has 1 aliphatic rings. The summed E-state index contributed by atoms with van der Waals surface area (Å²) in [5.74, 6) is -1.89. The number of hydrogen-bond donors (Lipinski definition) is 1. The molecule has 0 bridgehead atoms. The van der Waals surface area contributed by atoms with Crippen molar-refractivity contribution in [1.29, 1.82) is 0 Å². The van der Waals surface area contributed by atoms with Gasteiger partial charge in [-0.3, -0.25) is 9.59 Å². The Kier molecular flexibility index (Phi) is 5.29. The van der Waals surface area contributed by atoms with Crippen LogP contribution in [0.25, 0.3) is 0 Å². The molecular formula is C16H22N2O5S. The summed E-state index contributed by atoms with van der Waals surface area (Å²) in [5.41, 5.74) is 0.397. The van der Waals surface area contributed by atoms with Crippen LogP contribution in [0.2, 0.25) is 0 Å². The zero-order valence-electron chi connectivity index (χ0n) is 14.0. The topological polar surface area (TPSA) is 95.0 Å². The van der Waals surface area contributed by atoms with Gasteiger partial charge in [-0.2, -0.15) is 4.31 Å². The molecule has 2 atom stereocenters. The molecule has 1 amide bonds. The molecule has 0 unspecified atom stereocenters. The van der Waals surface area contributed by atoms with Crippen molar-refractivity contribution in [1.82, 2.24) is 9.21 Å². The van der Waals surface area contributed by atoms with Crippen molar-refractivity contribution in [3.63, 3.8) is 0 Å². The lowest BCUT2D eigenvalue weighted by atomic mass is 9.92. The summed E-state index contributed by atoms with van der Waals surface area (Å²) in [5, 5.41) is 9.25. The van der Waals surface area contributed by atoms with E-state index < -0.39 is 28.0 Å². The first-order valence-electron chi connectivity index (χ1n) is 7.72. The Morgan fingerprint density at radius 2 is 1.79 bits per heavy atom. The van der Waals surface area contributed by atoms with Crippen LogP contribution in [0, 0.1) is 5.92 Å². The van der Waals surface area contributed by atoms with Crippen LogP contribution in [0.3, 0.4) is 0 Å². The van der Waals surface area contributed by atoms with Gasteiger partial charge < -0.3 is 10.0 Å². The van der Waals surface area contributed by atoms with Crippen LogP contribution in [-0.2, 0) is 14.8 Å². The van der Waals surface area contributed by atoms with Gasteiger partial charge >= 0.3 is 5.97 Å². The third kappa shape index (κ3) is 3.44. The van der Waals surface area contributed by atoms with Gasteiger partial charge in [0.15, 0.2) is 0 Å². The van der Waals surface area contributed by atoms with E-state index in [1.807, 2.05) is 0 Å². The van der Waals surface area contributed by atoms with E-state index in [9.17, 15) is 23.1 Å². The fourth-order valence-electron chi connectivity index (χ4n) is 2.94. The molecule has 132 valence electrons. The van der Waals surface area contributed by atoms with E-state index >= 15 is 0 Å². The minimum Gasteiger partial charge on any atom is -0.481 e. The fourth-order valence-corrected chi connectivity index (χ4v) is 4.65. The normalized spacial score (nSPS) is 22.1. The monoisotopic (exact) mass is 354 g/mol. The lowest BCUT2D eigenvalue weighted by molar-refractivity contribution is -0.144. The van der Waals surface area contributed by atoms with Gasteiger partial charge in [0.05, 0.1) is 10.8 Å². The highest BCUT2D eigenvalue weighted by Crippen LogP contribution is 2.29. The first-order valence-corrected chi connectivity index (χ1v) is 9.16. The Balaban J connectivity index is 2.30. The largest absolute Gasteiger partial charge is 0.481 e. The highest BCUT2D eigenvalue weighted by molar-refractivity contribution is 7.89. The van der Waals surface area contributed by atoms with Gasteiger partial charge in [-0.15, -0.1) is 0 Å². The summed E-state index contributed by atoms with van der Waals surface area (Å²) in [7, 11) is -0.556. The molecule has 0 aromatic heterocycles. The minimum absolute atomic E-state index is 0.0655. The lowest BCUT2D eigenvalue weighted by Crippen LogP contribution is -2.48. The second kappa shape index (κ2) is 6.90. The number of carboxylic acids is 1. The van der Waals surface area contributed by atoms with E-state index in [2.05, 4.69) is 0 Å². The Morgan fingerprint density at radius 3 is 2.29 bits per heavy atom. The van der Waals surface area contributed by atoms with Gasteiger partial charge in [0.2, 0.25) is 10.0 Å². The summed E-state index contributed by atoms with van der Waals surface area (Å²) in [6, 6.07) is 5.12. The first-order chi connectivity index (χ1) is 11.2. The maximum absolute atomic E-state index is 12.8. The molecule has 0 aliphatic carbocycles. The van der Waals surface area contributed by atoms with Crippen molar-refractivity contribution in [3.05, 3.63) is 29.8 Å². The number of rotatable bonds is 4. The molecule has 1 aromatic carbocycles. The maximum atomic E-state index is 12.8. The average Bonchev–Trinajstić information content (AvgIpc) is 2.53. The maximum Gasteiger partial charge on any atom is 0.308 e. The van der Waals surface area contributed by atoms with Gasteiger partial charge in [0.1, 0.15) is 0 Å². The number of carboxylic acid groups (broad SMARTS) is 1. The van der Waals surface area contributed by atoms with E-state index in [-0.39, 0.29) is 10.8 Å². The van der Waals surface area contributed by atoms with Crippen molar-refractivity contribution in [3.8, 4) is 0 Å². The second-order valence-corrected chi connectivity index (χ2v) is 8.06. The van der Waals surface area contributed by atoms with Crippen LogP contribution < -0.4 is 0 Å². The number of amides is 1. The van der Waals surface area contributed by atoms with Crippen molar-refractivity contribution < 1.29 is 23.1 Å². The number of aliphatic carboxylic acids is 1. The molecule has 0 radical (unpaired) electrons. The second-order valence-electron chi connectivity index (χ2n) is 6.17. The minimum atomic E-state index is -3.80. The van der Waals surface area contributed by atoms with Crippen LogP contribution in [-0.4, -0.2) is 61.3 Å². The summed E-state index contributed by atoms with van der Waals surface area (Å²) >= 11 is 0. The highest BCUT2D eigenvalue weighted by atomic mass is 32.2. The number of piperidine rings is 1. The van der Waals surface area contributed by atoms with Gasteiger partial charge in [0, 0.05) is 32.2 Å². The lowest BCUT2D eigenvalue weighted by Gasteiger charge is -2.36. The Hall–Kier alpha value is -1.93. The van der Waals surface area contributed by atoms with Crippen molar-refractivity contribution in [2.24, 2.45) is 5.92 Å². The van der Waals surface area contributed by atoms with Crippen LogP contribution in [0.5, 0.6) is 0 Å². The van der Waals surface area contributed by atoms with E-state index in [4.69, 9.17) is 0 Å². The summed E-state index contributed by atoms with van der Waals surface area (Å²) < 4.78 is 26.9. The molecule has 1 N–H and O–H groups in total. The van der Waals surface area contributed by atoms with Crippen LogP contribution >= 0.6 is 0 Å². The van der Waals surface area contributed by atoms with Crippen LogP contribution in [0.1, 0.15) is 30.1 Å². The van der Waals surface area contributed by atoms with Crippen LogP contribution in [0.4, 0.5) is 0 Å². The molecule has 0 spiro atoms. The van der Waals surface area contributed by atoms with Crippen molar-refractivity contribution in [2.75, 3.05) is 20.6 Å². The Morgan fingerprint density at radius 1 is 1.21 bits per heavy atom. The molecule has 1 aliphatic heterocycles. The number of carbonyl (C=O) groups is 2. The molecule has 8 heteroatoms. The standard InChI is InChI=1S/C16H22N2O5S/c1-11-14(16(20)21)5-4-10-18(11)24(22,23)13-8-6-12(7-9-13)15(19)17(2)3/h6-9,11,14H,4-5,10H2,1-3H3,(H,20,21)/t11-,14-/m1/s1. The fraction of sp³-hybridized carbons (Fsp3) is 0.500. The Labute approximate surface area is 141 Å². The van der Waals surface area contributed by atoms with E-state index in [0.29, 0.717) is 24.9 Å². The predicted octanol–water partition coefficient (Wildman–Crippen LogP) is 1.26. The first kappa shape index (κ1) is 18.4. The van der Waals surface area contributed by atoms with Crippen LogP contribution in [0.15, 0.2) is 29.2 Å².